The van der Waals surface area contributed by atoms with Gasteiger partial charge in [-0.3, -0.25) is 4.79 Å². The summed E-state index contributed by atoms with van der Waals surface area (Å²) in [6.45, 7) is 2.20. The minimum absolute atomic E-state index is 0. The summed E-state index contributed by atoms with van der Waals surface area (Å²) in [4.78, 5) is 10.1. The van der Waals surface area contributed by atoms with Crippen molar-refractivity contribution >= 4 is 54.9 Å². The van der Waals surface area contributed by atoms with Gasteiger partial charge in [0.2, 0.25) is 0 Å². The Hall–Kier alpha value is 1.04. The molecule has 2 nitrogen and oxygen atoms in total. The van der Waals surface area contributed by atoms with Crippen LogP contribution in [0, 0.1) is 0 Å². The van der Waals surface area contributed by atoms with Gasteiger partial charge in [-0.1, -0.05) is 45.4 Å². The van der Waals surface area contributed by atoms with Crippen molar-refractivity contribution in [1.29, 1.82) is 0 Å². The van der Waals surface area contributed by atoms with Crippen molar-refractivity contribution in [3.05, 3.63) is 0 Å². The van der Waals surface area contributed by atoms with Crippen molar-refractivity contribution in [2.45, 2.75) is 58.3 Å². The zero-order valence-corrected chi connectivity index (χ0v) is 8.01. The van der Waals surface area contributed by atoms with Crippen LogP contribution in [0.4, 0.5) is 0 Å². The second kappa shape index (κ2) is 13.0. The average Bonchev–Trinajstić information content (AvgIpc) is 2.02. The van der Waals surface area contributed by atoms with Gasteiger partial charge in [0, 0.05) is 6.42 Å². The van der Waals surface area contributed by atoms with E-state index >= 15 is 0 Å². The topological polar surface area (TPSA) is 37.3 Å². The third kappa shape index (κ3) is 15.8. The first kappa shape index (κ1) is 16.5. The van der Waals surface area contributed by atoms with Crippen molar-refractivity contribution in [2.75, 3.05) is 0 Å². The molecule has 0 aromatic carbocycles. The molecule has 0 atom stereocenters. The number of aliphatic carboxylic acids is 1. The maximum atomic E-state index is 10.1. The van der Waals surface area contributed by atoms with E-state index in [1.807, 2.05) is 0 Å². The molecule has 0 spiro atoms. The molecule has 0 radical (unpaired) electrons. The standard InChI is InChI=1S/C10H20O2.Ba.2H/c1-2-3-4-5-6-7-8-9-10(11)12;;;/h2-9H2,1H3,(H,11,12);;;. The van der Waals surface area contributed by atoms with E-state index < -0.39 is 5.97 Å². The molecule has 76 valence electrons. The van der Waals surface area contributed by atoms with Crippen LogP contribution in [0.5, 0.6) is 0 Å². The Bertz CT molecular complexity index is 115. The number of rotatable bonds is 8. The van der Waals surface area contributed by atoms with Crippen molar-refractivity contribution < 1.29 is 9.90 Å². The Morgan fingerprint density at radius 3 is 1.92 bits per heavy atom. The Kier molecular flexibility index (Phi) is 16.5. The summed E-state index contributed by atoms with van der Waals surface area (Å²) in [6.07, 6.45) is 8.64. The average molecular weight is 312 g/mol. The second-order valence-corrected chi connectivity index (χ2v) is 3.27. The fourth-order valence-corrected chi connectivity index (χ4v) is 1.23. The molecule has 0 unspecified atom stereocenters. The summed E-state index contributed by atoms with van der Waals surface area (Å²) < 4.78 is 0. The van der Waals surface area contributed by atoms with Crippen LogP contribution in [0.2, 0.25) is 0 Å². The molecule has 0 aromatic rings. The van der Waals surface area contributed by atoms with E-state index in [0.717, 1.165) is 12.8 Å². The molecule has 13 heavy (non-hydrogen) atoms. The molecule has 0 heterocycles. The van der Waals surface area contributed by atoms with Gasteiger partial charge in [-0.25, -0.2) is 0 Å². The van der Waals surface area contributed by atoms with Crippen molar-refractivity contribution in [3.63, 3.8) is 0 Å². The third-order valence-electron chi connectivity index (χ3n) is 1.99. The molecule has 0 rings (SSSR count). The Morgan fingerprint density at radius 1 is 1.00 bits per heavy atom. The van der Waals surface area contributed by atoms with Crippen molar-refractivity contribution in [1.82, 2.24) is 0 Å². The van der Waals surface area contributed by atoms with Gasteiger partial charge in [0.25, 0.3) is 0 Å². The predicted octanol–water partition coefficient (Wildman–Crippen LogP) is 2.30. The molecule has 0 aliphatic heterocycles. The fraction of sp³-hybridized carbons (Fsp3) is 0.900. The SMILES string of the molecule is CCCCCCCCCC(=O)O.[BaH2]. The van der Waals surface area contributed by atoms with E-state index in [1.54, 1.807) is 0 Å². The van der Waals surface area contributed by atoms with Crippen LogP contribution in [-0.4, -0.2) is 60.0 Å². The van der Waals surface area contributed by atoms with E-state index in [-0.39, 0.29) is 48.9 Å². The zero-order chi connectivity index (χ0) is 9.23. The number of unbranched alkanes of at least 4 members (excludes halogenated alkanes) is 6. The molecule has 0 aromatic heterocycles. The molecule has 0 aliphatic rings. The van der Waals surface area contributed by atoms with Crippen LogP contribution in [-0.2, 0) is 4.79 Å². The van der Waals surface area contributed by atoms with Gasteiger partial charge in [0.15, 0.2) is 0 Å². The molecule has 0 bridgehead atoms. The third-order valence-corrected chi connectivity index (χ3v) is 1.99. The monoisotopic (exact) mass is 312 g/mol. The first-order valence-corrected chi connectivity index (χ1v) is 4.99. The van der Waals surface area contributed by atoms with Gasteiger partial charge in [-0.15, -0.1) is 0 Å². The molecule has 3 heteroatoms. The zero-order valence-electron chi connectivity index (χ0n) is 8.01. The Morgan fingerprint density at radius 2 is 1.46 bits per heavy atom. The summed E-state index contributed by atoms with van der Waals surface area (Å²) in [5.74, 6) is -0.663. The summed E-state index contributed by atoms with van der Waals surface area (Å²) in [6, 6.07) is 0. The van der Waals surface area contributed by atoms with E-state index in [2.05, 4.69) is 6.92 Å². The minimum atomic E-state index is -0.663. The molecule has 0 amide bonds. The van der Waals surface area contributed by atoms with Gasteiger partial charge in [0.1, 0.15) is 0 Å². The first-order valence-electron chi connectivity index (χ1n) is 4.99. The number of carboxylic acids is 1. The quantitative estimate of drug-likeness (QED) is 0.552. The summed E-state index contributed by atoms with van der Waals surface area (Å²) in [5, 5.41) is 8.35. The molecule has 1 N–H and O–H groups in total. The van der Waals surface area contributed by atoms with Crippen molar-refractivity contribution in [2.24, 2.45) is 0 Å². The number of hydrogen-bond donors (Lipinski definition) is 1. The Balaban J connectivity index is 0. The van der Waals surface area contributed by atoms with Crippen LogP contribution < -0.4 is 0 Å². The maximum absolute atomic E-state index is 10.1. The Labute approximate surface area is 122 Å². The van der Waals surface area contributed by atoms with Crippen LogP contribution in [0.15, 0.2) is 0 Å². The van der Waals surface area contributed by atoms with E-state index in [0.29, 0.717) is 6.42 Å². The summed E-state index contributed by atoms with van der Waals surface area (Å²) >= 11 is 0. The molecule has 0 saturated carbocycles. The molecular formula is C10H22BaO2. The van der Waals surface area contributed by atoms with Crippen LogP contribution in [0.25, 0.3) is 0 Å². The summed E-state index contributed by atoms with van der Waals surface area (Å²) in [7, 11) is 0. The van der Waals surface area contributed by atoms with Crippen LogP contribution in [0.1, 0.15) is 58.3 Å². The molecule has 0 fully saturated rings. The second-order valence-electron chi connectivity index (χ2n) is 3.27. The predicted molar refractivity (Wildman–Crippen MR) is 58.8 cm³/mol. The van der Waals surface area contributed by atoms with Gasteiger partial charge < -0.3 is 5.11 Å². The first-order chi connectivity index (χ1) is 5.77. The van der Waals surface area contributed by atoms with Gasteiger partial charge in [-0.05, 0) is 6.42 Å². The molecule has 0 aliphatic carbocycles. The van der Waals surface area contributed by atoms with Crippen LogP contribution in [0.3, 0.4) is 0 Å². The van der Waals surface area contributed by atoms with E-state index in [9.17, 15) is 4.79 Å². The fourth-order valence-electron chi connectivity index (χ4n) is 1.23. The van der Waals surface area contributed by atoms with Gasteiger partial charge in [0.05, 0.1) is 0 Å². The number of carboxylic acid groups (broad SMARTS) is 1. The van der Waals surface area contributed by atoms with Gasteiger partial charge >= 0.3 is 54.9 Å². The number of carbonyl (C=O) groups is 1. The van der Waals surface area contributed by atoms with Gasteiger partial charge in [-0.2, -0.15) is 0 Å². The molecular weight excluding hydrogens is 289 g/mol. The van der Waals surface area contributed by atoms with E-state index in [4.69, 9.17) is 5.11 Å². The summed E-state index contributed by atoms with van der Waals surface area (Å²) in [5.41, 5.74) is 0. The normalized spacial score (nSPS) is 9.31. The van der Waals surface area contributed by atoms with Crippen molar-refractivity contribution in [3.8, 4) is 0 Å². The van der Waals surface area contributed by atoms with Crippen LogP contribution >= 0.6 is 0 Å². The molecule has 0 saturated heterocycles. The number of hydrogen-bond acceptors (Lipinski definition) is 1. The van der Waals surface area contributed by atoms with E-state index in [1.165, 1.54) is 32.1 Å².